The molecule has 1 N–H and O–H groups in total. The van der Waals surface area contributed by atoms with Crippen LogP contribution in [-0.4, -0.2) is 54.7 Å². The first-order valence-corrected chi connectivity index (χ1v) is 10.3. The molecule has 164 valence electrons. The topological polar surface area (TPSA) is 96.6 Å². The Balaban J connectivity index is 1.89. The van der Waals surface area contributed by atoms with E-state index in [0.717, 1.165) is 35.5 Å². The van der Waals surface area contributed by atoms with Gasteiger partial charge in [0.15, 0.2) is 0 Å². The number of ether oxygens (including phenoxy) is 2. The monoisotopic (exact) mass is 424 g/mol. The second kappa shape index (κ2) is 9.67. The molecule has 1 fully saturated rings. The first-order chi connectivity index (χ1) is 14.9. The number of nitriles is 1. The molecule has 0 aliphatic carbocycles. The van der Waals surface area contributed by atoms with Crippen LogP contribution < -0.4 is 10.1 Å². The van der Waals surface area contributed by atoms with Gasteiger partial charge in [-0.05, 0) is 63.1 Å². The molecule has 2 heterocycles. The number of hydrogen-bond acceptors (Lipinski definition) is 6. The van der Waals surface area contributed by atoms with Gasteiger partial charge in [0.05, 0.1) is 26.3 Å². The van der Waals surface area contributed by atoms with E-state index in [9.17, 15) is 14.9 Å². The number of rotatable bonds is 6. The summed E-state index contributed by atoms with van der Waals surface area (Å²) in [5, 5.41) is 12.7. The van der Waals surface area contributed by atoms with Crippen LogP contribution in [-0.2, 0) is 14.3 Å². The third-order valence-electron chi connectivity index (χ3n) is 5.85. The van der Waals surface area contributed by atoms with Gasteiger partial charge in [0.2, 0.25) is 5.91 Å². The van der Waals surface area contributed by atoms with E-state index >= 15 is 0 Å². The highest BCUT2D eigenvalue weighted by atomic mass is 16.5. The lowest BCUT2D eigenvalue weighted by atomic mass is 10.0. The van der Waals surface area contributed by atoms with E-state index in [1.165, 1.54) is 7.11 Å². The van der Waals surface area contributed by atoms with E-state index < -0.39 is 6.04 Å². The van der Waals surface area contributed by atoms with Gasteiger partial charge in [0.25, 0.3) is 0 Å². The predicted octanol–water partition coefficient (Wildman–Crippen LogP) is 2.94. The normalized spacial score (nSPS) is 16.4. The summed E-state index contributed by atoms with van der Waals surface area (Å²) in [6, 6.07) is 9.20. The van der Waals surface area contributed by atoms with E-state index in [1.807, 2.05) is 47.6 Å². The van der Waals surface area contributed by atoms with Gasteiger partial charge in [-0.1, -0.05) is 6.42 Å². The van der Waals surface area contributed by atoms with Gasteiger partial charge in [0, 0.05) is 11.4 Å². The molecule has 0 bridgehead atoms. The fourth-order valence-electron chi connectivity index (χ4n) is 4.05. The number of likely N-dealkylation sites (tertiary alicyclic amines) is 1. The molecular formula is C23H28N4O4. The SMILES string of the molecule is COC(=O)C1CCCCN1CC(=O)Nc1c(C#N)c(C)c(C)n1-c1ccc(OC)cc1. The third-order valence-corrected chi connectivity index (χ3v) is 5.85. The van der Waals surface area contributed by atoms with Crippen molar-refractivity contribution in [2.75, 3.05) is 32.6 Å². The third kappa shape index (κ3) is 4.57. The number of hydrogen-bond donors (Lipinski definition) is 1. The van der Waals surface area contributed by atoms with Crippen LogP contribution in [0.5, 0.6) is 5.75 Å². The summed E-state index contributed by atoms with van der Waals surface area (Å²) in [5.74, 6) is 0.549. The van der Waals surface area contributed by atoms with E-state index in [2.05, 4.69) is 11.4 Å². The Morgan fingerprint density at radius 3 is 2.52 bits per heavy atom. The van der Waals surface area contributed by atoms with Gasteiger partial charge in [-0.25, -0.2) is 0 Å². The lowest BCUT2D eigenvalue weighted by Crippen LogP contribution is -2.48. The van der Waals surface area contributed by atoms with Gasteiger partial charge in [-0.2, -0.15) is 5.26 Å². The van der Waals surface area contributed by atoms with Crippen molar-refractivity contribution in [1.82, 2.24) is 9.47 Å². The first-order valence-electron chi connectivity index (χ1n) is 10.3. The zero-order valence-electron chi connectivity index (χ0n) is 18.4. The van der Waals surface area contributed by atoms with Crippen LogP contribution in [0.15, 0.2) is 24.3 Å². The molecule has 3 rings (SSSR count). The summed E-state index contributed by atoms with van der Waals surface area (Å²) in [7, 11) is 2.96. The molecule has 8 heteroatoms. The minimum atomic E-state index is -0.420. The number of carbonyl (C=O) groups is 2. The second-order valence-electron chi connectivity index (χ2n) is 7.63. The van der Waals surface area contributed by atoms with Crippen molar-refractivity contribution in [1.29, 1.82) is 5.26 Å². The number of methoxy groups -OCH3 is 2. The molecule has 2 aromatic rings. The number of nitrogens with zero attached hydrogens (tertiary/aromatic N) is 3. The molecule has 0 saturated carbocycles. The summed E-state index contributed by atoms with van der Waals surface area (Å²) in [4.78, 5) is 26.9. The molecule has 1 aromatic carbocycles. The van der Waals surface area contributed by atoms with Crippen molar-refractivity contribution in [3.05, 3.63) is 41.1 Å². The lowest BCUT2D eigenvalue weighted by Gasteiger charge is -2.33. The maximum atomic E-state index is 13.0. The standard InChI is InChI=1S/C23H28N4O4/c1-15-16(2)27(17-8-10-18(30-3)11-9-17)22(19(15)13-24)25-21(28)14-26-12-6-5-7-20(26)23(29)31-4/h8-11,20H,5-7,12,14H2,1-4H3,(H,25,28). The smallest absolute Gasteiger partial charge is 0.323 e. The van der Waals surface area contributed by atoms with Crippen LogP contribution in [0, 0.1) is 25.2 Å². The zero-order valence-corrected chi connectivity index (χ0v) is 18.4. The van der Waals surface area contributed by atoms with Crippen LogP contribution >= 0.6 is 0 Å². The minimum Gasteiger partial charge on any atom is -0.497 e. The molecule has 1 aromatic heterocycles. The van der Waals surface area contributed by atoms with Crippen LogP contribution in [0.4, 0.5) is 5.82 Å². The minimum absolute atomic E-state index is 0.0521. The fraction of sp³-hybridized carbons (Fsp3) is 0.435. The fourth-order valence-corrected chi connectivity index (χ4v) is 4.05. The van der Waals surface area contributed by atoms with Crippen LogP contribution in [0.25, 0.3) is 5.69 Å². The van der Waals surface area contributed by atoms with Crippen LogP contribution in [0.1, 0.15) is 36.1 Å². The Morgan fingerprint density at radius 1 is 1.19 bits per heavy atom. The molecule has 31 heavy (non-hydrogen) atoms. The van der Waals surface area contributed by atoms with Gasteiger partial charge in [-0.15, -0.1) is 0 Å². The maximum Gasteiger partial charge on any atom is 0.323 e. The van der Waals surface area contributed by atoms with Crippen molar-refractivity contribution in [3.63, 3.8) is 0 Å². The molecule has 1 saturated heterocycles. The van der Waals surface area contributed by atoms with E-state index in [1.54, 1.807) is 7.11 Å². The number of benzene rings is 1. The summed E-state index contributed by atoms with van der Waals surface area (Å²) >= 11 is 0. The van der Waals surface area contributed by atoms with Crippen LogP contribution in [0.2, 0.25) is 0 Å². The van der Waals surface area contributed by atoms with Gasteiger partial charge in [0.1, 0.15) is 23.7 Å². The van der Waals surface area contributed by atoms with E-state index in [4.69, 9.17) is 9.47 Å². The number of amides is 1. The molecule has 1 atom stereocenters. The number of nitrogens with one attached hydrogen (secondary N) is 1. The number of anilines is 1. The summed E-state index contributed by atoms with van der Waals surface area (Å²) in [5.41, 5.74) is 2.90. The number of aromatic nitrogens is 1. The van der Waals surface area contributed by atoms with Gasteiger partial charge < -0.3 is 14.8 Å². The summed E-state index contributed by atoms with van der Waals surface area (Å²) < 4.78 is 12.0. The maximum absolute atomic E-state index is 13.0. The number of carbonyl (C=O) groups excluding carboxylic acids is 2. The largest absolute Gasteiger partial charge is 0.497 e. The first kappa shape index (κ1) is 22.4. The Kier molecular flexibility index (Phi) is 6.98. The molecule has 1 unspecified atom stereocenters. The molecule has 1 aliphatic rings. The molecule has 1 aliphatic heterocycles. The Hall–Kier alpha value is -3.31. The molecular weight excluding hydrogens is 396 g/mol. The van der Waals surface area contributed by atoms with Gasteiger partial charge in [-0.3, -0.25) is 19.1 Å². The van der Waals surface area contributed by atoms with Crippen molar-refractivity contribution >= 4 is 17.7 Å². The highest BCUT2D eigenvalue weighted by Crippen LogP contribution is 2.31. The number of piperidine rings is 1. The van der Waals surface area contributed by atoms with Crippen molar-refractivity contribution in [2.24, 2.45) is 0 Å². The number of esters is 1. The van der Waals surface area contributed by atoms with Crippen molar-refractivity contribution < 1.29 is 19.1 Å². The molecule has 1 amide bonds. The second-order valence-corrected chi connectivity index (χ2v) is 7.63. The highest BCUT2D eigenvalue weighted by molar-refractivity contribution is 5.94. The van der Waals surface area contributed by atoms with E-state index in [0.29, 0.717) is 24.3 Å². The highest BCUT2D eigenvalue weighted by Gasteiger charge is 2.31. The average Bonchev–Trinajstić information content (AvgIpc) is 3.02. The lowest BCUT2D eigenvalue weighted by molar-refractivity contribution is -0.148. The van der Waals surface area contributed by atoms with E-state index in [-0.39, 0.29) is 18.4 Å². The van der Waals surface area contributed by atoms with Gasteiger partial charge >= 0.3 is 5.97 Å². The predicted molar refractivity (Wildman–Crippen MR) is 116 cm³/mol. The summed E-state index contributed by atoms with van der Waals surface area (Å²) in [6.45, 7) is 4.47. The van der Waals surface area contributed by atoms with Crippen molar-refractivity contribution in [2.45, 2.75) is 39.2 Å². The Bertz CT molecular complexity index is 1000. The average molecular weight is 425 g/mol. The van der Waals surface area contributed by atoms with Crippen LogP contribution in [0.3, 0.4) is 0 Å². The molecule has 8 nitrogen and oxygen atoms in total. The Labute approximate surface area is 182 Å². The van der Waals surface area contributed by atoms with Crippen molar-refractivity contribution in [3.8, 4) is 17.5 Å². The molecule has 0 spiro atoms. The quantitative estimate of drug-likeness (QED) is 0.716. The molecule has 0 radical (unpaired) electrons. The summed E-state index contributed by atoms with van der Waals surface area (Å²) in [6.07, 6.45) is 2.52. The Morgan fingerprint density at radius 2 is 1.90 bits per heavy atom. The zero-order chi connectivity index (χ0) is 22.5.